The van der Waals surface area contributed by atoms with E-state index in [1.807, 2.05) is 17.1 Å². The van der Waals surface area contributed by atoms with Gasteiger partial charge in [0.15, 0.2) is 0 Å². The van der Waals surface area contributed by atoms with Gasteiger partial charge in [0.2, 0.25) is 5.91 Å². The summed E-state index contributed by atoms with van der Waals surface area (Å²) >= 11 is 13.1. The molecule has 148 valence electrons. The van der Waals surface area contributed by atoms with Crippen molar-refractivity contribution in [3.63, 3.8) is 0 Å². The first-order valence-electron chi connectivity index (χ1n) is 9.83. The molecule has 0 bridgehead atoms. The van der Waals surface area contributed by atoms with Crippen LogP contribution in [0, 0.1) is 11.7 Å². The number of hydrazine groups is 1. The smallest absolute Gasteiger partial charge is 0.240 e. The summed E-state index contributed by atoms with van der Waals surface area (Å²) in [5, 5.41) is 5.23. The zero-order chi connectivity index (χ0) is 19.7. The van der Waals surface area contributed by atoms with Gasteiger partial charge in [-0.1, -0.05) is 41.8 Å². The predicted octanol–water partition coefficient (Wildman–Crippen LogP) is 5.59. The molecule has 0 N–H and O–H groups in total. The lowest BCUT2D eigenvalue weighted by molar-refractivity contribution is -0.147. The molecule has 2 aromatic rings. The minimum absolute atomic E-state index is 0.0893. The van der Waals surface area contributed by atoms with Crippen LogP contribution < -0.4 is 0 Å². The van der Waals surface area contributed by atoms with Crippen LogP contribution in [0.25, 0.3) is 11.1 Å². The average Bonchev–Trinajstić information content (AvgIpc) is 3.06. The van der Waals surface area contributed by atoms with E-state index in [0.29, 0.717) is 16.5 Å². The molecule has 2 fully saturated rings. The van der Waals surface area contributed by atoms with Crippen molar-refractivity contribution in [3.05, 3.63) is 57.8 Å². The van der Waals surface area contributed by atoms with Gasteiger partial charge in [-0.2, -0.15) is 0 Å². The van der Waals surface area contributed by atoms with Crippen LogP contribution in [0.3, 0.4) is 0 Å². The summed E-state index contributed by atoms with van der Waals surface area (Å²) in [7, 11) is 0. The Hall–Kier alpha value is -1.62. The summed E-state index contributed by atoms with van der Waals surface area (Å²) in [4.78, 5) is 12.9. The summed E-state index contributed by atoms with van der Waals surface area (Å²) in [6, 6.07) is 9.92. The van der Waals surface area contributed by atoms with E-state index < -0.39 is 0 Å². The fourth-order valence-electron chi connectivity index (χ4n) is 4.16. The lowest BCUT2D eigenvalue weighted by Gasteiger charge is -2.34. The van der Waals surface area contributed by atoms with Crippen LogP contribution in [-0.4, -0.2) is 35.6 Å². The van der Waals surface area contributed by atoms with Crippen LogP contribution in [0.5, 0.6) is 0 Å². The first-order valence-corrected chi connectivity index (χ1v) is 10.6. The summed E-state index contributed by atoms with van der Waals surface area (Å²) in [5.74, 6) is -0.194. The number of hydrogen-bond donors (Lipinski definition) is 0. The molecule has 0 saturated carbocycles. The normalized spacial score (nSPS) is 20.8. The molecule has 0 aliphatic carbocycles. The molecule has 3 nitrogen and oxygen atoms in total. The van der Waals surface area contributed by atoms with Crippen molar-refractivity contribution in [2.24, 2.45) is 5.92 Å². The topological polar surface area (TPSA) is 23.6 Å². The highest BCUT2D eigenvalue weighted by atomic mass is 35.5. The van der Waals surface area contributed by atoms with Gasteiger partial charge in [-0.15, -0.1) is 0 Å². The van der Waals surface area contributed by atoms with Crippen LogP contribution >= 0.6 is 23.2 Å². The molecule has 6 heteroatoms. The molecule has 2 aliphatic heterocycles. The lowest BCUT2D eigenvalue weighted by Crippen LogP contribution is -2.47. The van der Waals surface area contributed by atoms with Gasteiger partial charge in [0.25, 0.3) is 0 Å². The number of halogens is 3. The van der Waals surface area contributed by atoms with E-state index in [0.717, 1.165) is 55.6 Å². The molecule has 1 amide bonds. The molecule has 0 radical (unpaired) electrons. The van der Waals surface area contributed by atoms with Gasteiger partial charge in [0, 0.05) is 35.6 Å². The number of hydrogen-bond acceptors (Lipinski definition) is 2. The zero-order valence-electron chi connectivity index (χ0n) is 15.6. The van der Waals surface area contributed by atoms with Gasteiger partial charge >= 0.3 is 0 Å². The Morgan fingerprint density at radius 1 is 0.929 bits per heavy atom. The maximum atomic E-state index is 13.2. The minimum Gasteiger partial charge on any atom is -0.275 e. The second-order valence-electron chi connectivity index (χ2n) is 7.59. The number of piperidine rings is 1. The Labute approximate surface area is 175 Å². The van der Waals surface area contributed by atoms with Gasteiger partial charge in [0.05, 0.1) is 0 Å². The maximum absolute atomic E-state index is 13.2. The van der Waals surface area contributed by atoms with Gasteiger partial charge < -0.3 is 0 Å². The third-order valence-corrected chi connectivity index (χ3v) is 6.41. The quantitative estimate of drug-likeness (QED) is 0.643. The van der Waals surface area contributed by atoms with Crippen molar-refractivity contribution in [1.82, 2.24) is 10.0 Å². The standard InChI is InChI=1S/C22H23Cl2FN2O/c23-20-13-17(15-4-6-18(25)7-5-15)14-21(24)19(20)12-16-8-11-27(22(16)28)26-9-2-1-3-10-26/h4-7,13-14,16H,1-3,8-12H2/t16-/m0/s1. The summed E-state index contributed by atoms with van der Waals surface area (Å²) in [6.45, 7) is 2.70. The summed E-state index contributed by atoms with van der Waals surface area (Å²) in [6.07, 6.45) is 4.91. The first-order chi connectivity index (χ1) is 13.5. The van der Waals surface area contributed by atoms with Crippen LogP contribution in [0.4, 0.5) is 4.39 Å². The second kappa shape index (κ2) is 8.40. The van der Waals surface area contributed by atoms with Gasteiger partial charge in [-0.3, -0.25) is 9.80 Å². The molecule has 2 heterocycles. The molecular formula is C22H23Cl2FN2O. The third kappa shape index (κ3) is 4.05. The number of benzene rings is 2. The van der Waals surface area contributed by atoms with Crippen LogP contribution in [0.15, 0.2) is 36.4 Å². The van der Waals surface area contributed by atoms with Crippen LogP contribution in [-0.2, 0) is 11.2 Å². The van der Waals surface area contributed by atoms with E-state index in [1.165, 1.54) is 18.6 Å². The lowest BCUT2D eigenvalue weighted by atomic mass is 9.95. The highest BCUT2D eigenvalue weighted by Gasteiger charge is 2.36. The zero-order valence-corrected chi connectivity index (χ0v) is 17.1. The highest BCUT2D eigenvalue weighted by Crippen LogP contribution is 2.35. The number of carbonyl (C=O) groups is 1. The molecule has 1 atom stereocenters. The molecular weight excluding hydrogens is 398 g/mol. The monoisotopic (exact) mass is 420 g/mol. The first kappa shape index (κ1) is 19.7. The van der Waals surface area contributed by atoms with Crippen molar-refractivity contribution in [2.45, 2.75) is 32.1 Å². The second-order valence-corrected chi connectivity index (χ2v) is 8.41. The van der Waals surface area contributed by atoms with Gasteiger partial charge in [0.1, 0.15) is 5.82 Å². The molecule has 0 aromatic heterocycles. The molecule has 2 aliphatic rings. The largest absolute Gasteiger partial charge is 0.275 e. The van der Waals surface area contributed by atoms with E-state index in [-0.39, 0.29) is 17.6 Å². The summed E-state index contributed by atoms with van der Waals surface area (Å²) < 4.78 is 13.2. The maximum Gasteiger partial charge on any atom is 0.240 e. The number of nitrogens with zero attached hydrogens (tertiary/aromatic N) is 2. The van der Waals surface area contributed by atoms with E-state index in [4.69, 9.17) is 23.2 Å². The number of carbonyl (C=O) groups excluding carboxylic acids is 1. The van der Waals surface area contributed by atoms with Crippen molar-refractivity contribution in [2.75, 3.05) is 19.6 Å². The number of amides is 1. The van der Waals surface area contributed by atoms with Crippen LogP contribution in [0.2, 0.25) is 10.0 Å². The fourth-order valence-corrected chi connectivity index (χ4v) is 4.81. The fraction of sp³-hybridized carbons (Fsp3) is 0.409. The molecule has 4 rings (SSSR count). The number of rotatable bonds is 4. The van der Waals surface area contributed by atoms with Gasteiger partial charge in [-0.25, -0.2) is 9.40 Å². The molecule has 28 heavy (non-hydrogen) atoms. The Morgan fingerprint density at radius 2 is 1.57 bits per heavy atom. The summed E-state index contributed by atoms with van der Waals surface area (Å²) in [5.41, 5.74) is 2.50. The van der Waals surface area contributed by atoms with Crippen molar-refractivity contribution in [3.8, 4) is 11.1 Å². The molecule has 0 unspecified atom stereocenters. The Bertz CT molecular complexity index is 842. The Balaban J connectivity index is 1.50. The Kier molecular flexibility index (Phi) is 5.91. The highest BCUT2D eigenvalue weighted by molar-refractivity contribution is 6.36. The Morgan fingerprint density at radius 3 is 2.21 bits per heavy atom. The van der Waals surface area contributed by atoms with E-state index >= 15 is 0 Å². The minimum atomic E-state index is -0.282. The van der Waals surface area contributed by atoms with E-state index in [1.54, 1.807) is 12.1 Å². The average molecular weight is 421 g/mol. The molecule has 2 saturated heterocycles. The van der Waals surface area contributed by atoms with E-state index in [9.17, 15) is 9.18 Å². The van der Waals surface area contributed by atoms with Crippen molar-refractivity contribution in [1.29, 1.82) is 0 Å². The van der Waals surface area contributed by atoms with E-state index in [2.05, 4.69) is 5.01 Å². The van der Waals surface area contributed by atoms with Crippen molar-refractivity contribution < 1.29 is 9.18 Å². The van der Waals surface area contributed by atoms with Crippen molar-refractivity contribution >= 4 is 29.1 Å². The molecule has 2 aromatic carbocycles. The van der Waals surface area contributed by atoms with Crippen LogP contribution in [0.1, 0.15) is 31.2 Å². The third-order valence-electron chi connectivity index (χ3n) is 5.74. The SMILES string of the molecule is O=C1[C@H](Cc2c(Cl)cc(-c3ccc(F)cc3)cc2Cl)CCN1N1CCCCC1. The van der Waals surface area contributed by atoms with Gasteiger partial charge in [-0.05, 0) is 66.6 Å². The molecule has 0 spiro atoms. The predicted molar refractivity (Wildman–Crippen MR) is 111 cm³/mol.